The van der Waals surface area contributed by atoms with Gasteiger partial charge in [-0.25, -0.2) is 4.99 Å². The van der Waals surface area contributed by atoms with E-state index in [2.05, 4.69) is 40.1 Å². The SMILES string of the molecule is COC(=O)CC(=O)/N=C(/C)SCc1ccc2ccccc2c1. The molecule has 2 aromatic rings. The number of carbonyl (C=O) groups excluding carboxylic acids is 2. The molecule has 0 saturated carbocycles. The molecule has 5 heteroatoms. The van der Waals surface area contributed by atoms with Gasteiger partial charge in [0.15, 0.2) is 0 Å². The molecule has 4 nitrogen and oxygen atoms in total. The van der Waals surface area contributed by atoms with Crippen molar-refractivity contribution in [2.24, 2.45) is 4.99 Å². The monoisotopic (exact) mass is 315 g/mol. The van der Waals surface area contributed by atoms with Crippen molar-refractivity contribution in [3.63, 3.8) is 0 Å². The molecular weight excluding hydrogens is 298 g/mol. The van der Waals surface area contributed by atoms with Gasteiger partial charge in [0.2, 0.25) is 0 Å². The fourth-order valence-corrected chi connectivity index (χ4v) is 2.68. The van der Waals surface area contributed by atoms with Crippen LogP contribution in [0, 0.1) is 0 Å². The minimum Gasteiger partial charge on any atom is -0.469 e. The zero-order valence-electron chi connectivity index (χ0n) is 12.5. The van der Waals surface area contributed by atoms with Gasteiger partial charge in [0, 0.05) is 5.75 Å². The molecule has 0 radical (unpaired) electrons. The number of esters is 1. The average Bonchev–Trinajstić information content (AvgIpc) is 2.52. The number of amides is 1. The number of fused-ring (bicyclic) bond motifs is 1. The van der Waals surface area contributed by atoms with Gasteiger partial charge in [0.25, 0.3) is 5.91 Å². The molecule has 2 rings (SSSR count). The van der Waals surface area contributed by atoms with Crippen LogP contribution in [0.15, 0.2) is 47.5 Å². The summed E-state index contributed by atoms with van der Waals surface area (Å²) in [7, 11) is 1.25. The van der Waals surface area contributed by atoms with E-state index in [0.29, 0.717) is 5.04 Å². The molecule has 0 unspecified atom stereocenters. The van der Waals surface area contributed by atoms with Crippen LogP contribution in [0.25, 0.3) is 10.8 Å². The number of rotatable bonds is 4. The lowest BCUT2D eigenvalue weighted by atomic mass is 10.1. The second-order valence-electron chi connectivity index (χ2n) is 4.75. The maximum Gasteiger partial charge on any atom is 0.315 e. The topological polar surface area (TPSA) is 55.7 Å². The number of ether oxygens (including phenoxy) is 1. The average molecular weight is 315 g/mol. The summed E-state index contributed by atoms with van der Waals surface area (Å²) in [6.07, 6.45) is -0.315. The molecule has 0 aliphatic heterocycles. The number of aliphatic imine (C=N–C) groups is 1. The molecule has 0 bridgehead atoms. The van der Waals surface area contributed by atoms with Gasteiger partial charge in [0.1, 0.15) is 6.42 Å². The molecule has 0 fully saturated rings. The van der Waals surface area contributed by atoms with Crippen molar-refractivity contribution in [3.8, 4) is 0 Å². The number of benzene rings is 2. The highest BCUT2D eigenvalue weighted by atomic mass is 32.2. The summed E-state index contributed by atoms with van der Waals surface area (Å²) in [5.41, 5.74) is 1.17. The number of hydrogen-bond acceptors (Lipinski definition) is 4. The van der Waals surface area contributed by atoms with E-state index in [1.807, 2.05) is 12.1 Å². The van der Waals surface area contributed by atoms with E-state index < -0.39 is 11.9 Å². The summed E-state index contributed by atoms with van der Waals surface area (Å²) in [4.78, 5) is 26.4. The Kier molecular flexibility index (Phi) is 5.72. The zero-order valence-corrected chi connectivity index (χ0v) is 13.4. The Morgan fingerprint density at radius 3 is 2.59 bits per heavy atom. The molecule has 1 amide bonds. The molecular formula is C17H17NO3S. The fraction of sp³-hybridized carbons (Fsp3) is 0.235. The van der Waals surface area contributed by atoms with Gasteiger partial charge in [0.05, 0.1) is 12.2 Å². The molecule has 0 atom stereocenters. The van der Waals surface area contributed by atoms with Crippen molar-refractivity contribution < 1.29 is 14.3 Å². The minimum absolute atomic E-state index is 0.315. The predicted octanol–water partition coefficient (Wildman–Crippen LogP) is 3.58. The number of nitrogens with zero attached hydrogens (tertiary/aromatic N) is 1. The van der Waals surface area contributed by atoms with Crippen molar-refractivity contribution in [2.75, 3.05) is 7.11 Å². The predicted molar refractivity (Wildman–Crippen MR) is 90.0 cm³/mol. The Balaban J connectivity index is 1.95. The van der Waals surface area contributed by atoms with Gasteiger partial charge in [-0.15, -0.1) is 11.8 Å². The van der Waals surface area contributed by atoms with E-state index in [1.165, 1.54) is 35.2 Å². The maximum atomic E-state index is 11.5. The highest BCUT2D eigenvalue weighted by Gasteiger charge is 2.08. The Labute approximate surface area is 133 Å². The molecule has 0 aromatic heterocycles. The van der Waals surface area contributed by atoms with Gasteiger partial charge >= 0.3 is 5.97 Å². The molecule has 0 saturated heterocycles. The van der Waals surface area contributed by atoms with E-state index in [0.717, 1.165) is 5.75 Å². The third-order valence-electron chi connectivity index (χ3n) is 3.07. The quantitative estimate of drug-likeness (QED) is 0.374. The van der Waals surface area contributed by atoms with Crippen LogP contribution in [0.1, 0.15) is 18.9 Å². The van der Waals surface area contributed by atoms with E-state index in [4.69, 9.17) is 0 Å². The highest BCUT2D eigenvalue weighted by molar-refractivity contribution is 8.13. The molecule has 0 heterocycles. The zero-order chi connectivity index (χ0) is 15.9. The second-order valence-corrected chi connectivity index (χ2v) is 5.92. The second kappa shape index (κ2) is 7.75. The van der Waals surface area contributed by atoms with Gasteiger partial charge in [-0.1, -0.05) is 42.5 Å². The lowest BCUT2D eigenvalue weighted by Gasteiger charge is -2.04. The third kappa shape index (κ3) is 4.70. The van der Waals surface area contributed by atoms with Gasteiger partial charge in [-0.05, 0) is 23.3 Å². The summed E-state index contributed by atoms with van der Waals surface area (Å²) in [6.45, 7) is 1.76. The van der Waals surface area contributed by atoms with E-state index in [9.17, 15) is 9.59 Å². The first kappa shape index (κ1) is 16.2. The maximum absolute atomic E-state index is 11.5. The van der Waals surface area contributed by atoms with Crippen LogP contribution in [0.2, 0.25) is 0 Å². The first-order valence-corrected chi connectivity index (χ1v) is 7.82. The molecule has 22 heavy (non-hydrogen) atoms. The molecule has 0 spiro atoms. The van der Waals surface area contributed by atoms with Crippen LogP contribution in [0.5, 0.6) is 0 Å². The van der Waals surface area contributed by atoms with Crippen molar-refractivity contribution in [1.82, 2.24) is 0 Å². The van der Waals surface area contributed by atoms with Gasteiger partial charge in [-0.2, -0.15) is 0 Å². The van der Waals surface area contributed by atoms with E-state index >= 15 is 0 Å². The van der Waals surface area contributed by atoms with Gasteiger partial charge < -0.3 is 4.74 Å². The first-order valence-electron chi connectivity index (χ1n) is 6.84. The van der Waals surface area contributed by atoms with Crippen LogP contribution in [0.3, 0.4) is 0 Å². The molecule has 2 aromatic carbocycles. The summed E-state index contributed by atoms with van der Waals surface area (Å²) in [5, 5.41) is 3.04. The Bertz CT molecular complexity index is 725. The van der Waals surface area contributed by atoms with E-state index in [-0.39, 0.29) is 6.42 Å². The largest absolute Gasteiger partial charge is 0.469 e. The number of methoxy groups -OCH3 is 1. The highest BCUT2D eigenvalue weighted by Crippen LogP contribution is 2.20. The lowest BCUT2D eigenvalue weighted by molar-refractivity contribution is -0.143. The van der Waals surface area contributed by atoms with Crippen molar-refractivity contribution in [3.05, 3.63) is 48.0 Å². The Morgan fingerprint density at radius 1 is 1.14 bits per heavy atom. The third-order valence-corrected chi connectivity index (χ3v) is 4.05. The van der Waals surface area contributed by atoms with Crippen molar-refractivity contribution >= 4 is 39.5 Å². The summed E-state index contributed by atoms with van der Waals surface area (Å²) >= 11 is 1.48. The standard InChI is InChI=1S/C17H17NO3S/c1-12(18-16(19)10-17(20)21-2)22-11-13-7-8-14-5-3-4-6-15(14)9-13/h3-9H,10-11H2,1-2H3/b18-12-. The number of hydrogen-bond donors (Lipinski definition) is 0. The van der Waals surface area contributed by atoms with Crippen LogP contribution in [-0.4, -0.2) is 24.0 Å². The summed E-state index contributed by atoms with van der Waals surface area (Å²) in [5.74, 6) is -0.317. The van der Waals surface area contributed by atoms with Crippen LogP contribution in [-0.2, 0) is 20.1 Å². The molecule has 0 aliphatic carbocycles. The minimum atomic E-state index is -0.568. The Morgan fingerprint density at radius 2 is 1.86 bits per heavy atom. The normalized spacial score (nSPS) is 11.5. The first-order chi connectivity index (χ1) is 10.6. The van der Waals surface area contributed by atoms with Crippen molar-refractivity contribution in [2.45, 2.75) is 19.1 Å². The number of carbonyl (C=O) groups is 2. The molecule has 0 N–H and O–H groups in total. The Hall–Kier alpha value is -2.14. The fourth-order valence-electron chi connectivity index (χ4n) is 1.96. The van der Waals surface area contributed by atoms with E-state index in [1.54, 1.807) is 6.92 Å². The smallest absolute Gasteiger partial charge is 0.315 e. The van der Waals surface area contributed by atoms with Crippen LogP contribution >= 0.6 is 11.8 Å². The molecule has 0 aliphatic rings. The van der Waals surface area contributed by atoms with Crippen LogP contribution in [0.4, 0.5) is 0 Å². The summed E-state index contributed by atoms with van der Waals surface area (Å²) in [6, 6.07) is 14.5. The summed E-state index contributed by atoms with van der Waals surface area (Å²) < 4.78 is 4.44. The van der Waals surface area contributed by atoms with Crippen molar-refractivity contribution in [1.29, 1.82) is 0 Å². The number of thioether (sulfide) groups is 1. The molecule has 114 valence electrons. The lowest BCUT2D eigenvalue weighted by Crippen LogP contribution is -2.08. The van der Waals surface area contributed by atoms with Gasteiger partial charge in [-0.3, -0.25) is 9.59 Å². The van der Waals surface area contributed by atoms with Crippen LogP contribution < -0.4 is 0 Å².